The Bertz CT molecular complexity index is 375. The summed E-state index contributed by atoms with van der Waals surface area (Å²) < 4.78 is 48.7. The summed E-state index contributed by atoms with van der Waals surface area (Å²) in [6, 6.07) is 5.59. The first-order chi connectivity index (χ1) is 7.91. The van der Waals surface area contributed by atoms with Gasteiger partial charge in [-0.1, -0.05) is 12.1 Å². The third-order valence-electron chi connectivity index (χ3n) is 2.63. The van der Waals surface area contributed by atoms with Crippen LogP contribution in [0.25, 0.3) is 0 Å². The Morgan fingerprint density at radius 3 is 2.29 bits per heavy atom. The maximum Gasteiger partial charge on any atom is 0.422 e. The largest absolute Gasteiger partial charge is 0.497 e. The molecule has 1 aromatic carbocycles. The second kappa shape index (κ2) is 4.93. The van der Waals surface area contributed by atoms with E-state index in [1.165, 1.54) is 25.3 Å². The van der Waals surface area contributed by atoms with Gasteiger partial charge < -0.3 is 15.2 Å². The van der Waals surface area contributed by atoms with Crippen molar-refractivity contribution in [3.8, 4) is 5.75 Å². The van der Waals surface area contributed by atoms with E-state index >= 15 is 0 Å². The summed E-state index contributed by atoms with van der Waals surface area (Å²) in [5.74, 6) is 0.321. The summed E-state index contributed by atoms with van der Waals surface area (Å²) in [6.45, 7) is -0.694. The molecule has 0 saturated carbocycles. The van der Waals surface area contributed by atoms with Crippen LogP contribution in [-0.4, -0.2) is 26.9 Å². The van der Waals surface area contributed by atoms with Crippen molar-refractivity contribution in [3.05, 3.63) is 29.8 Å². The highest BCUT2D eigenvalue weighted by Gasteiger charge is 2.56. The van der Waals surface area contributed by atoms with E-state index in [1.54, 1.807) is 6.07 Å². The van der Waals surface area contributed by atoms with E-state index in [-0.39, 0.29) is 5.56 Å². The molecular weight excluding hydrogens is 235 g/mol. The van der Waals surface area contributed by atoms with Gasteiger partial charge in [0, 0.05) is 13.7 Å². The van der Waals surface area contributed by atoms with Crippen LogP contribution < -0.4 is 10.5 Å². The molecule has 0 heterocycles. The highest BCUT2D eigenvalue weighted by molar-refractivity contribution is 5.34. The number of ether oxygens (including phenoxy) is 2. The molecule has 1 rings (SSSR count). The van der Waals surface area contributed by atoms with E-state index in [1.807, 2.05) is 0 Å². The molecule has 0 aromatic heterocycles. The minimum absolute atomic E-state index is 0.0747. The zero-order valence-electron chi connectivity index (χ0n) is 9.54. The van der Waals surface area contributed by atoms with E-state index in [4.69, 9.17) is 10.5 Å². The van der Waals surface area contributed by atoms with Crippen LogP contribution in [0.3, 0.4) is 0 Å². The van der Waals surface area contributed by atoms with Crippen molar-refractivity contribution in [3.63, 3.8) is 0 Å². The molecule has 0 aliphatic heterocycles. The van der Waals surface area contributed by atoms with Gasteiger partial charge in [-0.3, -0.25) is 0 Å². The second-order valence-electron chi connectivity index (χ2n) is 3.46. The van der Waals surface area contributed by atoms with Crippen LogP contribution in [0.2, 0.25) is 0 Å². The van der Waals surface area contributed by atoms with Gasteiger partial charge in [-0.15, -0.1) is 0 Å². The van der Waals surface area contributed by atoms with Crippen LogP contribution >= 0.6 is 0 Å². The number of nitrogens with two attached hydrogens (primary N) is 1. The number of rotatable bonds is 4. The summed E-state index contributed by atoms with van der Waals surface area (Å²) in [5, 5.41) is 0. The van der Waals surface area contributed by atoms with Gasteiger partial charge in [-0.05, 0) is 17.7 Å². The van der Waals surface area contributed by atoms with Crippen LogP contribution in [0, 0.1) is 0 Å². The minimum Gasteiger partial charge on any atom is -0.497 e. The Morgan fingerprint density at radius 1 is 1.24 bits per heavy atom. The Labute approximate surface area is 97.3 Å². The fourth-order valence-corrected chi connectivity index (χ4v) is 1.59. The van der Waals surface area contributed by atoms with Crippen LogP contribution in [0.4, 0.5) is 13.2 Å². The topological polar surface area (TPSA) is 44.5 Å². The predicted molar refractivity (Wildman–Crippen MR) is 56.8 cm³/mol. The van der Waals surface area contributed by atoms with Crippen molar-refractivity contribution in [1.82, 2.24) is 0 Å². The van der Waals surface area contributed by atoms with Gasteiger partial charge in [-0.2, -0.15) is 13.2 Å². The minimum atomic E-state index is -4.59. The number of alkyl halides is 3. The molecule has 1 aromatic rings. The van der Waals surface area contributed by atoms with Gasteiger partial charge >= 0.3 is 6.18 Å². The third kappa shape index (κ3) is 2.37. The maximum absolute atomic E-state index is 13.1. The van der Waals surface area contributed by atoms with E-state index in [9.17, 15) is 13.2 Å². The predicted octanol–water partition coefficient (Wildman–Crippen LogP) is 2.06. The van der Waals surface area contributed by atoms with Crippen molar-refractivity contribution < 1.29 is 22.6 Å². The van der Waals surface area contributed by atoms with Gasteiger partial charge in [0.2, 0.25) is 5.60 Å². The van der Waals surface area contributed by atoms with E-state index in [2.05, 4.69) is 4.74 Å². The molecule has 17 heavy (non-hydrogen) atoms. The molecule has 0 bridgehead atoms. The molecule has 1 unspecified atom stereocenters. The quantitative estimate of drug-likeness (QED) is 0.888. The molecule has 96 valence electrons. The number of methoxy groups -OCH3 is 2. The van der Waals surface area contributed by atoms with Crippen LogP contribution in [0.1, 0.15) is 5.56 Å². The lowest BCUT2D eigenvalue weighted by Gasteiger charge is -2.33. The molecule has 0 spiro atoms. The first-order valence-corrected chi connectivity index (χ1v) is 4.87. The fourth-order valence-electron chi connectivity index (χ4n) is 1.59. The molecule has 0 aliphatic carbocycles. The van der Waals surface area contributed by atoms with Crippen molar-refractivity contribution in [2.45, 2.75) is 11.8 Å². The second-order valence-corrected chi connectivity index (χ2v) is 3.46. The number of hydrogen-bond acceptors (Lipinski definition) is 3. The van der Waals surface area contributed by atoms with Gasteiger partial charge in [-0.25, -0.2) is 0 Å². The van der Waals surface area contributed by atoms with Crippen molar-refractivity contribution in [1.29, 1.82) is 0 Å². The molecule has 1 atom stereocenters. The molecule has 0 fully saturated rings. The Kier molecular flexibility index (Phi) is 4.00. The summed E-state index contributed by atoms with van der Waals surface area (Å²) >= 11 is 0. The standard InChI is InChI=1S/C11H14F3NO2/c1-16-9-5-3-4-8(6-9)10(7-15,17-2)11(12,13)14/h3-6H,7,15H2,1-2H3. The molecule has 3 nitrogen and oxygen atoms in total. The Morgan fingerprint density at radius 2 is 1.88 bits per heavy atom. The molecule has 0 aliphatic rings. The number of benzene rings is 1. The molecular formula is C11H14F3NO2. The van der Waals surface area contributed by atoms with Gasteiger partial charge in [0.05, 0.1) is 7.11 Å². The normalized spacial score (nSPS) is 15.4. The van der Waals surface area contributed by atoms with E-state index in [0.717, 1.165) is 7.11 Å². The Hall–Kier alpha value is -1.27. The monoisotopic (exact) mass is 249 g/mol. The molecule has 2 N–H and O–H groups in total. The molecule has 0 saturated heterocycles. The van der Waals surface area contributed by atoms with Crippen LogP contribution in [0.15, 0.2) is 24.3 Å². The summed E-state index contributed by atoms with van der Waals surface area (Å²) in [4.78, 5) is 0. The first-order valence-electron chi connectivity index (χ1n) is 4.87. The average Bonchev–Trinajstić information content (AvgIpc) is 2.30. The van der Waals surface area contributed by atoms with E-state index < -0.39 is 18.3 Å². The zero-order chi connectivity index (χ0) is 13.1. The lowest BCUT2D eigenvalue weighted by molar-refractivity contribution is -0.272. The molecule has 0 amide bonds. The van der Waals surface area contributed by atoms with Gasteiger partial charge in [0.25, 0.3) is 0 Å². The maximum atomic E-state index is 13.1. The number of halogens is 3. The lowest BCUT2D eigenvalue weighted by atomic mass is 9.92. The Balaban J connectivity index is 3.31. The lowest BCUT2D eigenvalue weighted by Crippen LogP contribution is -2.49. The average molecular weight is 249 g/mol. The SMILES string of the molecule is COc1cccc(C(CN)(OC)C(F)(F)F)c1. The highest BCUT2D eigenvalue weighted by Crippen LogP contribution is 2.41. The van der Waals surface area contributed by atoms with Gasteiger partial charge in [0.1, 0.15) is 5.75 Å². The third-order valence-corrected chi connectivity index (χ3v) is 2.63. The number of hydrogen-bond donors (Lipinski definition) is 1. The van der Waals surface area contributed by atoms with Gasteiger partial charge in [0.15, 0.2) is 0 Å². The van der Waals surface area contributed by atoms with Crippen molar-refractivity contribution in [2.24, 2.45) is 5.73 Å². The fraction of sp³-hybridized carbons (Fsp3) is 0.455. The van der Waals surface area contributed by atoms with Crippen LogP contribution in [-0.2, 0) is 10.3 Å². The molecule has 6 heteroatoms. The summed E-state index contributed by atoms with van der Waals surface area (Å²) in [6.07, 6.45) is -4.59. The van der Waals surface area contributed by atoms with Crippen molar-refractivity contribution in [2.75, 3.05) is 20.8 Å². The van der Waals surface area contributed by atoms with Crippen LogP contribution in [0.5, 0.6) is 5.75 Å². The highest BCUT2D eigenvalue weighted by atomic mass is 19.4. The van der Waals surface area contributed by atoms with E-state index in [0.29, 0.717) is 5.75 Å². The molecule has 0 radical (unpaired) electrons. The smallest absolute Gasteiger partial charge is 0.422 e. The summed E-state index contributed by atoms with van der Waals surface area (Å²) in [7, 11) is 2.36. The zero-order valence-corrected chi connectivity index (χ0v) is 9.54. The summed E-state index contributed by atoms with van der Waals surface area (Å²) in [5.41, 5.74) is 2.67. The first kappa shape index (κ1) is 13.8. The van der Waals surface area contributed by atoms with Crippen molar-refractivity contribution >= 4 is 0 Å².